The van der Waals surface area contributed by atoms with E-state index in [4.69, 9.17) is 9.05 Å². The largest absolute Gasteiger partial charge is 0.756 e. The van der Waals surface area contributed by atoms with Crippen LogP contribution in [0.3, 0.4) is 0 Å². The van der Waals surface area contributed by atoms with E-state index in [2.05, 4.69) is 79.9 Å². The van der Waals surface area contributed by atoms with Gasteiger partial charge in [0.1, 0.15) is 13.2 Å². The molecule has 0 heterocycles. The lowest BCUT2D eigenvalue weighted by atomic mass is 10.0. The number of allylic oxidation sites excluding steroid dienone is 11. The number of likely N-dealkylation sites (N-methyl/N-ethyl adjacent to an activating group) is 1. The predicted octanol–water partition coefficient (Wildman–Crippen LogP) is 22.7. The van der Waals surface area contributed by atoms with Gasteiger partial charge in [-0.15, -0.1) is 0 Å². The Hall–Kier alpha value is -2.06. The van der Waals surface area contributed by atoms with Crippen molar-refractivity contribution < 1.29 is 32.9 Å². The highest BCUT2D eigenvalue weighted by molar-refractivity contribution is 7.45. The van der Waals surface area contributed by atoms with Crippen LogP contribution in [0.4, 0.5) is 0 Å². The zero-order valence-corrected chi connectivity index (χ0v) is 57.3. The fourth-order valence-corrected chi connectivity index (χ4v) is 11.4. The van der Waals surface area contributed by atoms with Gasteiger partial charge in [-0.25, -0.2) is 0 Å². The Morgan fingerprint density at radius 2 is 0.702 bits per heavy atom. The van der Waals surface area contributed by atoms with Crippen LogP contribution in [-0.2, 0) is 18.4 Å². The zero-order valence-electron chi connectivity index (χ0n) is 56.4. The van der Waals surface area contributed by atoms with Crippen molar-refractivity contribution in [3.8, 4) is 0 Å². The Balaban J connectivity index is 4.11. The van der Waals surface area contributed by atoms with Gasteiger partial charge in [-0.05, 0) is 83.5 Å². The Kier molecular flexibility index (Phi) is 63.8. The van der Waals surface area contributed by atoms with Crippen molar-refractivity contribution in [3.63, 3.8) is 0 Å². The molecule has 9 heteroatoms. The van der Waals surface area contributed by atoms with Crippen molar-refractivity contribution >= 4 is 13.7 Å². The van der Waals surface area contributed by atoms with Crippen LogP contribution < -0.4 is 10.2 Å². The standard InChI is InChI=1S/C75H141N2O6P/c1-6-8-10-12-14-16-18-20-22-24-26-28-30-32-34-36-38-40-42-44-46-48-50-52-54-56-58-60-62-64-66-68-74(78)73(72-83-84(80,81)82-71-70-77(3,4)5)76-75(79)69-67-65-63-61-59-57-55-53-51-49-47-45-43-41-39-37-35-33-31-29-27-25-23-21-19-17-15-13-11-9-7-2/h19,21,25,27,31,33,50,52,58,60,66,68,73-74,78H,6-18,20,22-24,26,28-30,32,34-49,51,53-57,59,61-65,67,69-72H2,1-5H3,(H-,76,79,80,81)/b21-19-,27-25-,33-31-,52-50+,60-58+,68-66+. The molecular formula is C75H141N2O6P. The molecule has 0 aliphatic carbocycles. The second-order valence-corrected chi connectivity index (χ2v) is 27.3. The number of quaternary nitrogens is 1. The first-order chi connectivity index (χ1) is 41.0. The lowest BCUT2D eigenvalue weighted by Gasteiger charge is -2.29. The molecule has 0 aromatic rings. The maximum atomic E-state index is 13.0. The molecule has 0 radical (unpaired) electrons. The quantitative estimate of drug-likeness (QED) is 0.0272. The molecule has 0 saturated heterocycles. The van der Waals surface area contributed by atoms with Crippen LogP contribution in [0.25, 0.3) is 0 Å². The third kappa shape index (κ3) is 67.4. The molecule has 0 saturated carbocycles. The number of amides is 1. The highest BCUT2D eigenvalue weighted by Crippen LogP contribution is 2.38. The van der Waals surface area contributed by atoms with Crippen LogP contribution in [0.15, 0.2) is 72.9 Å². The first-order valence-corrected chi connectivity index (χ1v) is 37.8. The minimum Gasteiger partial charge on any atom is -0.756 e. The van der Waals surface area contributed by atoms with Crippen molar-refractivity contribution in [2.75, 3.05) is 40.9 Å². The van der Waals surface area contributed by atoms with Gasteiger partial charge in [0.15, 0.2) is 0 Å². The second kappa shape index (κ2) is 65.4. The first kappa shape index (κ1) is 81.9. The van der Waals surface area contributed by atoms with Gasteiger partial charge in [0, 0.05) is 6.42 Å². The number of hydrogen-bond acceptors (Lipinski definition) is 6. The fourth-order valence-electron chi connectivity index (χ4n) is 10.7. The summed E-state index contributed by atoms with van der Waals surface area (Å²) in [6, 6.07) is -0.915. The lowest BCUT2D eigenvalue weighted by Crippen LogP contribution is -2.45. The second-order valence-electron chi connectivity index (χ2n) is 25.9. The molecule has 0 aromatic carbocycles. The van der Waals surface area contributed by atoms with Crippen LogP contribution >= 0.6 is 7.82 Å². The minimum atomic E-state index is -4.62. The van der Waals surface area contributed by atoms with Gasteiger partial charge in [0.05, 0.1) is 39.9 Å². The van der Waals surface area contributed by atoms with E-state index >= 15 is 0 Å². The Morgan fingerprint density at radius 3 is 1.05 bits per heavy atom. The average Bonchev–Trinajstić information content (AvgIpc) is 3.56. The summed E-state index contributed by atoms with van der Waals surface area (Å²) in [4.78, 5) is 25.6. The van der Waals surface area contributed by atoms with E-state index in [1.54, 1.807) is 6.08 Å². The van der Waals surface area contributed by atoms with Gasteiger partial charge >= 0.3 is 0 Å². The number of nitrogens with zero attached hydrogens (tertiary/aromatic N) is 1. The molecule has 2 N–H and O–H groups in total. The van der Waals surface area contributed by atoms with E-state index in [9.17, 15) is 19.4 Å². The fraction of sp³-hybridized carbons (Fsp3) is 0.827. The number of carbonyl (C=O) groups is 1. The maximum Gasteiger partial charge on any atom is 0.268 e. The smallest absolute Gasteiger partial charge is 0.268 e. The summed E-state index contributed by atoms with van der Waals surface area (Å²) in [5.41, 5.74) is 0. The molecule has 8 nitrogen and oxygen atoms in total. The molecule has 0 spiro atoms. The predicted molar refractivity (Wildman–Crippen MR) is 367 cm³/mol. The van der Waals surface area contributed by atoms with E-state index in [1.807, 2.05) is 27.2 Å². The molecule has 0 bridgehead atoms. The van der Waals surface area contributed by atoms with Crippen LogP contribution in [0.1, 0.15) is 348 Å². The van der Waals surface area contributed by atoms with Crippen LogP contribution in [0.2, 0.25) is 0 Å². The summed E-state index contributed by atoms with van der Waals surface area (Å²) >= 11 is 0. The topological polar surface area (TPSA) is 108 Å². The summed E-state index contributed by atoms with van der Waals surface area (Å²) in [5.74, 6) is -0.208. The van der Waals surface area contributed by atoms with Crippen molar-refractivity contribution in [1.29, 1.82) is 0 Å². The normalized spacial score (nSPS) is 14.0. The molecule has 0 aliphatic heterocycles. The average molecular weight is 1200 g/mol. The van der Waals surface area contributed by atoms with Gasteiger partial charge in [-0.3, -0.25) is 9.36 Å². The SMILES string of the molecule is CCCCCCC/C=C\C/C=C\C/C=C\CCCCCCCCCCCCCCCCCCC(=O)NC(COP(=O)([O-])OCC[N+](C)(C)C)C(O)/C=C/CC/C=C/CC/C=C/CCCCCCCCCCCCCCCCCCCCCCC. The van der Waals surface area contributed by atoms with Gasteiger partial charge in [0.2, 0.25) is 5.91 Å². The molecule has 0 aliphatic rings. The van der Waals surface area contributed by atoms with E-state index < -0.39 is 26.6 Å². The van der Waals surface area contributed by atoms with Gasteiger partial charge < -0.3 is 28.8 Å². The minimum absolute atomic E-state index is 0.0103. The number of hydrogen-bond donors (Lipinski definition) is 2. The van der Waals surface area contributed by atoms with Crippen LogP contribution in [-0.4, -0.2) is 68.5 Å². The number of nitrogens with one attached hydrogen (secondary N) is 1. The number of rotatable bonds is 67. The molecule has 0 rings (SSSR count). The molecule has 0 fully saturated rings. The Morgan fingerprint density at radius 1 is 0.417 bits per heavy atom. The van der Waals surface area contributed by atoms with Crippen molar-refractivity contribution in [2.24, 2.45) is 0 Å². The summed E-state index contributed by atoms with van der Waals surface area (Å²) in [5, 5.41) is 13.9. The van der Waals surface area contributed by atoms with E-state index in [1.165, 1.54) is 270 Å². The number of carbonyl (C=O) groups excluding carboxylic acids is 1. The summed E-state index contributed by atoms with van der Waals surface area (Å²) in [6.45, 7) is 4.65. The van der Waals surface area contributed by atoms with Crippen molar-refractivity contribution in [1.82, 2.24) is 5.32 Å². The third-order valence-corrected chi connectivity index (χ3v) is 17.3. The van der Waals surface area contributed by atoms with E-state index in [-0.39, 0.29) is 12.5 Å². The molecular weight excluding hydrogens is 1060 g/mol. The third-order valence-electron chi connectivity index (χ3n) is 16.4. The summed E-state index contributed by atoms with van der Waals surface area (Å²) in [7, 11) is 1.24. The van der Waals surface area contributed by atoms with Crippen LogP contribution in [0.5, 0.6) is 0 Å². The highest BCUT2D eigenvalue weighted by Gasteiger charge is 2.23. The summed E-state index contributed by atoms with van der Waals surface area (Å²) < 4.78 is 23.4. The van der Waals surface area contributed by atoms with Gasteiger partial charge in [-0.2, -0.15) is 0 Å². The number of unbranched alkanes of at least 4 members (excludes halogenated alkanes) is 44. The lowest BCUT2D eigenvalue weighted by molar-refractivity contribution is -0.870. The molecule has 3 unspecified atom stereocenters. The van der Waals surface area contributed by atoms with E-state index in [0.29, 0.717) is 17.4 Å². The highest BCUT2D eigenvalue weighted by atomic mass is 31.2. The Labute approximate surface area is 523 Å². The van der Waals surface area contributed by atoms with E-state index in [0.717, 1.165) is 57.8 Å². The van der Waals surface area contributed by atoms with Crippen LogP contribution in [0, 0.1) is 0 Å². The zero-order chi connectivity index (χ0) is 61.2. The molecule has 1 amide bonds. The molecule has 0 aromatic heterocycles. The first-order valence-electron chi connectivity index (χ1n) is 36.3. The van der Waals surface area contributed by atoms with Gasteiger partial charge in [0.25, 0.3) is 7.82 Å². The van der Waals surface area contributed by atoms with Crippen molar-refractivity contribution in [3.05, 3.63) is 72.9 Å². The number of aliphatic hydroxyl groups excluding tert-OH is 1. The number of phosphoric ester groups is 1. The number of phosphoric acid groups is 1. The molecule has 3 atom stereocenters. The molecule has 492 valence electrons. The van der Waals surface area contributed by atoms with Gasteiger partial charge in [-0.1, -0.05) is 331 Å². The van der Waals surface area contributed by atoms with Crippen molar-refractivity contribution in [2.45, 2.75) is 360 Å². The maximum absolute atomic E-state index is 13.0. The Bertz CT molecular complexity index is 1600. The molecule has 84 heavy (non-hydrogen) atoms. The summed E-state index contributed by atoms with van der Waals surface area (Å²) in [6.07, 6.45) is 91.8. The number of aliphatic hydroxyl groups is 1. The monoisotopic (exact) mass is 1200 g/mol.